The summed E-state index contributed by atoms with van der Waals surface area (Å²) in [5.41, 5.74) is 2.09. The standard InChI is InChI=1S/C17H14FN5O2/c1-3-16(24)20-14-9-11(5-6-12(14)18)19-17(25)10-4-7-13-15(8-10)23(2)22-21-13/h3-9H,1H2,2H3,(H,19,25)(H,20,24). The number of nitrogens with zero attached hydrogens (tertiary/aromatic N) is 3. The van der Waals surface area contributed by atoms with Crippen LogP contribution in [0.1, 0.15) is 10.4 Å². The second-order valence-electron chi connectivity index (χ2n) is 5.26. The van der Waals surface area contributed by atoms with Crippen molar-refractivity contribution in [3.8, 4) is 0 Å². The van der Waals surface area contributed by atoms with E-state index in [1.807, 2.05) is 0 Å². The van der Waals surface area contributed by atoms with Crippen LogP contribution in [0.3, 0.4) is 0 Å². The summed E-state index contributed by atoms with van der Waals surface area (Å²) in [6.45, 7) is 3.31. The Balaban J connectivity index is 1.84. The quantitative estimate of drug-likeness (QED) is 0.715. The van der Waals surface area contributed by atoms with Crippen molar-refractivity contribution in [3.63, 3.8) is 0 Å². The van der Waals surface area contributed by atoms with Crippen molar-refractivity contribution in [1.29, 1.82) is 0 Å². The van der Waals surface area contributed by atoms with E-state index in [0.717, 1.165) is 12.1 Å². The van der Waals surface area contributed by atoms with Crippen molar-refractivity contribution in [3.05, 3.63) is 60.4 Å². The summed E-state index contributed by atoms with van der Waals surface area (Å²) in [5.74, 6) is -1.54. The van der Waals surface area contributed by atoms with Gasteiger partial charge in [0.1, 0.15) is 11.3 Å². The molecule has 2 N–H and O–H groups in total. The lowest BCUT2D eigenvalue weighted by atomic mass is 10.1. The van der Waals surface area contributed by atoms with E-state index in [1.54, 1.807) is 29.9 Å². The van der Waals surface area contributed by atoms with Crippen molar-refractivity contribution in [1.82, 2.24) is 15.0 Å². The van der Waals surface area contributed by atoms with Crippen LogP contribution in [-0.2, 0) is 11.8 Å². The molecule has 0 spiro atoms. The molecule has 1 aromatic heterocycles. The van der Waals surface area contributed by atoms with Gasteiger partial charge in [-0.2, -0.15) is 0 Å². The van der Waals surface area contributed by atoms with Crippen LogP contribution >= 0.6 is 0 Å². The first-order chi connectivity index (χ1) is 12.0. The van der Waals surface area contributed by atoms with E-state index in [0.29, 0.717) is 22.3 Å². The zero-order chi connectivity index (χ0) is 18.0. The van der Waals surface area contributed by atoms with E-state index >= 15 is 0 Å². The van der Waals surface area contributed by atoms with Crippen LogP contribution in [-0.4, -0.2) is 26.8 Å². The van der Waals surface area contributed by atoms with E-state index in [9.17, 15) is 14.0 Å². The SMILES string of the molecule is C=CC(=O)Nc1cc(NC(=O)c2ccc3nnn(C)c3c2)ccc1F. The van der Waals surface area contributed by atoms with Crippen LogP contribution in [0.15, 0.2) is 49.1 Å². The molecule has 1 heterocycles. The number of aryl methyl sites for hydroxylation is 1. The Bertz CT molecular complexity index is 996. The Morgan fingerprint density at radius 2 is 2.00 bits per heavy atom. The van der Waals surface area contributed by atoms with Crippen molar-refractivity contribution >= 4 is 34.2 Å². The van der Waals surface area contributed by atoms with Crippen LogP contribution in [0.5, 0.6) is 0 Å². The number of anilines is 2. The predicted octanol–water partition coefficient (Wildman–Crippen LogP) is 2.48. The fourth-order valence-electron chi connectivity index (χ4n) is 2.26. The molecule has 0 saturated carbocycles. The number of halogens is 1. The summed E-state index contributed by atoms with van der Waals surface area (Å²) in [4.78, 5) is 23.7. The molecule has 0 saturated heterocycles. The van der Waals surface area contributed by atoms with Crippen LogP contribution in [0.4, 0.5) is 15.8 Å². The third kappa shape index (κ3) is 3.37. The molecule has 7 nitrogen and oxygen atoms in total. The number of carbonyl (C=O) groups is 2. The van der Waals surface area contributed by atoms with Crippen LogP contribution in [0.25, 0.3) is 11.0 Å². The Labute approximate surface area is 142 Å². The first-order valence-corrected chi connectivity index (χ1v) is 7.31. The van der Waals surface area contributed by atoms with Gasteiger partial charge in [-0.3, -0.25) is 9.59 Å². The van der Waals surface area contributed by atoms with Gasteiger partial charge >= 0.3 is 0 Å². The molecule has 0 aliphatic heterocycles. The maximum Gasteiger partial charge on any atom is 0.255 e. The average molecular weight is 339 g/mol. The minimum atomic E-state index is -0.615. The molecule has 2 amide bonds. The van der Waals surface area contributed by atoms with Gasteiger partial charge in [0.2, 0.25) is 5.91 Å². The summed E-state index contributed by atoms with van der Waals surface area (Å²) in [6.07, 6.45) is 1.03. The lowest BCUT2D eigenvalue weighted by Crippen LogP contribution is -2.13. The van der Waals surface area contributed by atoms with Gasteiger partial charge in [-0.15, -0.1) is 5.10 Å². The van der Waals surface area contributed by atoms with Gasteiger partial charge in [-0.1, -0.05) is 11.8 Å². The Hall–Kier alpha value is -3.55. The second-order valence-corrected chi connectivity index (χ2v) is 5.26. The molecule has 0 bridgehead atoms. The molecule has 0 aliphatic carbocycles. The van der Waals surface area contributed by atoms with E-state index in [2.05, 4.69) is 27.5 Å². The molecule has 0 atom stereocenters. The third-order valence-corrected chi connectivity index (χ3v) is 3.54. The van der Waals surface area contributed by atoms with Crippen LogP contribution in [0.2, 0.25) is 0 Å². The summed E-state index contributed by atoms with van der Waals surface area (Å²) in [6, 6.07) is 8.87. The Morgan fingerprint density at radius 1 is 1.20 bits per heavy atom. The number of nitrogens with one attached hydrogen (secondary N) is 2. The normalized spacial score (nSPS) is 10.5. The summed E-state index contributed by atoms with van der Waals surface area (Å²) < 4.78 is 15.3. The van der Waals surface area contributed by atoms with Gasteiger partial charge < -0.3 is 10.6 Å². The zero-order valence-electron chi connectivity index (χ0n) is 13.3. The number of fused-ring (bicyclic) bond motifs is 1. The number of hydrogen-bond donors (Lipinski definition) is 2. The van der Waals surface area contributed by atoms with Gasteiger partial charge in [-0.25, -0.2) is 9.07 Å². The van der Waals surface area contributed by atoms with Crippen molar-refractivity contribution in [2.45, 2.75) is 0 Å². The molecule has 3 aromatic rings. The highest BCUT2D eigenvalue weighted by molar-refractivity contribution is 6.06. The molecule has 0 aliphatic rings. The monoisotopic (exact) mass is 339 g/mol. The van der Waals surface area contributed by atoms with E-state index < -0.39 is 11.7 Å². The molecule has 2 aromatic carbocycles. The van der Waals surface area contributed by atoms with Gasteiger partial charge in [0.25, 0.3) is 5.91 Å². The lowest BCUT2D eigenvalue weighted by Gasteiger charge is -2.09. The number of rotatable bonds is 4. The fraction of sp³-hybridized carbons (Fsp3) is 0.0588. The summed E-state index contributed by atoms with van der Waals surface area (Å²) >= 11 is 0. The van der Waals surface area contributed by atoms with Crippen molar-refractivity contribution in [2.75, 3.05) is 10.6 Å². The highest BCUT2D eigenvalue weighted by Gasteiger charge is 2.11. The van der Waals surface area contributed by atoms with Crippen LogP contribution in [0, 0.1) is 5.82 Å². The number of aromatic nitrogens is 3. The van der Waals surface area contributed by atoms with E-state index in [1.165, 1.54) is 12.1 Å². The number of carbonyl (C=O) groups excluding carboxylic acids is 2. The topological polar surface area (TPSA) is 88.9 Å². The minimum Gasteiger partial charge on any atom is -0.322 e. The first-order valence-electron chi connectivity index (χ1n) is 7.31. The summed E-state index contributed by atoms with van der Waals surface area (Å²) in [7, 11) is 1.73. The number of amides is 2. The van der Waals surface area contributed by atoms with Gasteiger partial charge in [0, 0.05) is 18.3 Å². The maximum absolute atomic E-state index is 13.7. The highest BCUT2D eigenvalue weighted by Crippen LogP contribution is 2.21. The number of benzene rings is 2. The van der Waals surface area contributed by atoms with Gasteiger partial charge in [0.05, 0.1) is 11.2 Å². The van der Waals surface area contributed by atoms with Gasteiger partial charge in [-0.05, 0) is 42.5 Å². The molecule has 0 fully saturated rings. The zero-order valence-corrected chi connectivity index (χ0v) is 13.3. The first kappa shape index (κ1) is 16.3. The number of hydrogen-bond acceptors (Lipinski definition) is 4. The molecular formula is C17H14FN5O2. The largest absolute Gasteiger partial charge is 0.322 e. The predicted molar refractivity (Wildman–Crippen MR) is 91.7 cm³/mol. The van der Waals surface area contributed by atoms with Crippen molar-refractivity contribution < 1.29 is 14.0 Å². The van der Waals surface area contributed by atoms with Crippen LogP contribution < -0.4 is 10.6 Å². The molecular weight excluding hydrogens is 325 g/mol. The third-order valence-electron chi connectivity index (χ3n) is 3.54. The molecule has 0 radical (unpaired) electrons. The van der Waals surface area contributed by atoms with Gasteiger partial charge in [0.15, 0.2) is 0 Å². The molecule has 8 heteroatoms. The molecule has 3 rings (SSSR count). The second kappa shape index (κ2) is 6.52. The fourth-order valence-corrected chi connectivity index (χ4v) is 2.26. The summed E-state index contributed by atoms with van der Waals surface area (Å²) in [5, 5.41) is 12.8. The van der Waals surface area contributed by atoms with E-state index in [4.69, 9.17) is 0 Å². The van der Waals surface area contributed by atoms with Crippen molar-refractivity contribution in [2.24, 2.45) is 7.05 Å². The smallest absolute Gasteiger partial charge is 0.255 e. The Morgan fingerprint density at radius 3 is 2.76 bits per heavy atom. The highest BCUT2D eigenvalue weighted by atomic mass is 19.1. The van der Waals surface area contributed by atoms with E-state index in [-0.39, 0.29) is 11.6 Å². The minimum absolute atomic E-state index is 0.0472. The molecule has 25 heavy (non-hydrogen) atoms. The maximum atomic E-state index is 13.7. The molecule has 0 unspecified atom stereocenters. The average Bonchev–Trinajstić information content (AvgIpc) is 2.98. The molecule has 126 valence electrons. The Kier molecular flexibility index (Phi) is 4.25. The lowest BCUT2D eigenvalue weighted by molar-refractivity contribution is -0.111.